The Balaban J connectivity index is 1.66. The maximum Gasteiger partial charge on any atom is 0.287 e. The van der Waals surface area contributed by atoms with Gasteiger partial charge in [0.25, 0.3) is 11.8 Å². The van der Waals surface area contributed by atoms with Gasteiger partial charge in [0, 0.05) is 24.0 Å². The second kappa shape index (κ2) is 6.64. The summed E-state index contributed by atoms with van der Waals surface area (Å²) >= 11 is 0. The van der Waals surface area contributed by atoms with E-state index in [1.165, 1.54) is 0 Å². The number of benzene rings is 1. The standard InChI is InChI=1S/C19H18N4O4/c1-11(2)20-19(25)17-22-16(13-5-3-4-8-23(13)17)18(24)21-12-6-7-14-15(9-12)27-10-26-14/h3-9,11H,10H2,1-2H3,(H,20,25)(H,21,24). The number of carbonyl (C=O) groups excluding carboxylic acids is 2. The summed E-state index contributed by atoms with van der Waals surface area (Å²) in [7, 11) is 0. The molecule has 0 bridgehead atoms. The minimum absolute atomic E-state index is 0.0422. The molecule has 1 aliphatic rings. The number of amides is 2. The Morgan fingerprint density at radius 1 is 1.11 bits per heavy atom. The third-order valence-corrected chi connectivity index (χ3v) is 4.02. The van der Waals surface area contributed by atoms with Crippen LogP contribution in [0.3, 0.4) is 0 Å². The lowest BCUT2D eigenvalue weighted by Gasteiger charge is -2.06. The quantitative estimate of drug-likeness (QED) is 0.740. The Hall–Kier alpha value is -3.55. The lowest BCUT2D eigenvalue weighted by molar-refractivity contribution is 0.0932. The van der Waals surface area contributed by atoms with E-state index in [4.69, 9.17) is 9.47 Å². The normalized spacial score (nSPS) is 12.4. The van der Waals surface area contributed by atoms with Crippen molar-refractivity contribution in [2.24, 2.45) is 0 Å². The maximum absolute atomic E-state index is 12.8. The van der Waals surface area contributed by atoms with Crippen LogP contribution in [0.25, 0.3) is 5.52 Å². The molecule has 1 aromatic carbocycles. The van der Waals surface area contributed by atoms with Gasteiger partial charge in [0.15, 0.2) is 17.2 Å². The van der Waals surface area contributed by atoms with E-state index in [0.717, 1.165) is 0 Å². The van der Waals surface area contributed by atoms with Gasteiger partial charge in [-0.1, -0.05) is 6.07 Å². The number of imidazole rings is 1. The highest BCUT2D eigenvalue weighted by Gasteiger charge is 2.22. The van der Waals surface area contributed by atoms with Crippen LogP contribution in [0.5, 0.6) is 11.5 Å². The van der Waals surface area contributed by atoms with Crippen LogP contribution >= 0.6 is 0 Å². The predicted molar refractivity (Wildman–Crippen MR) is 98.3 cm³/mol. The van der Waals surface area contributed by atoms with Crippen molar-refractivity contribution < 1.29 is 19.1 Å². The molecule has 3 aromatic rings. The molecule has 8 heteroatoms. The molecule has 4 rings (SSSR count). The number of anilines is 1. The maximum atomic E-state index is 12.8. The Morgan fingerprint density at radius 2 is 1.93 bits per heavy atom. The Morgan fingerprint density at radius 3 is 2.74 bits per heavy atom. The summed E-state index contributed by atoms with van der Waals surface area (Å²) < 4.78 is 12.2. The molecular formula is C19H18N4O4. The monoisotopic (exact) mass is 366 g/mol. The molecule has 0 radical (unpaired) electrons. The lowest BCUT2D eigenvalue weighted by atomic mass is 10.2. The van der Waals surface area contributed by atoms with Gasteiger partial charge in [-0.15, -0.1) is 0 Å². The third-order valence-electron chi connectivity index (χ3n) is 4.02. The highest BCUT2D eigenvalue weighted by molar-refractivity contribution is 6.09. The van der Waals surface area contributed by atoms with Gasteiger partial charge in [0.1, 0.15) is 0 Å². The number of fused-ring (bicyclic) bond motifs is 2. The van der Waals surface area contributed by atoms with Crippen LogP contribution < -0.4 is 20.1 Å². The average molecular weight is 366 g/mol. The van der Waals surface area contributed by atoms with Crippen LogP contribution in [0, 0.1) is 0 Å². The number of nitrogens with zero attached hydrogens (tertiary/aromatic N) is 2. The van der Waals surface area contributed by atoms with Gasteiger partial charge in [-0.05, 0) is 38.1 Å². The molecule has 27 heavy (non-hydrogen) atoms. The van der Waals surface area contributed by atoms with E-state index in [-0.39, 0.29) is 30.3 Å². The van der Waals surface area contributed by atoms with Crippen molar-refractivity contribution in [3.05, 3.63) is 54.1 Å². The zero-order chi connectivity index (χ0) is 19.0. The molecule has 2 amide bonds. The lowest BCUT2D eigenvalue weighted by Crippen LogP contribution is -2.31. The number of hydrogen-bond acceptors (Lipinski definition) is 5. The van der Waals surface area contributed by atoms with Crippen LogP contribution in [-0.4, -0.2) is 34.0 Å². The molecule has 0 unspecified atom stereocenters. The first-order valence-corrected chi connectivity index (χ1v) is 8.52. The number of rotatable bonds is 4. The molecule has 0 saturated heterocycles. The number of ether oxygens (including phenoxy) is 2. The first-order valence-electron chi connectivity index (χ1n) is 8.52. The van der Waals surface area contributed by atoms with Crippen molar-refractivity contribution in [1.29, 1.82) is 0 Å². The predicted octanol–water partition coefficient (Wildman–Crippen LogP) is 2.45. The van der Waals surface area contributed by atoms with Gasteiger partial charge in [-0.3, -0.25) is 14.0 Å². The highest BCUT2D eigenvalue weighted by Crippen LogP contribution is 2.34. The van der Waals surface area contributed by atoms with Gasteiger partial charge in [0.2, 0.25) is 12.6 Å². The van der Waals surface area contributed by atoms with Crippen LogP contribution in [-0.2, 0) is 0 Å². The zero-order valence-electron chi connectivity index (χ0n) is 14.9. The molecule has 0 atom stereocenters. The second-order valence-electron chi connectivity index (χ2n) is 6.39. The summed E-state index contributed by atoms with van der Waals surface area (Å²) in [4.78, 5) is 29.5. The zero-order valence-corrected chi connectivity index (χ0v) is 14.9. The van der Waals surface area contributed by atoms with Crippen molar-refractivity contribution in [3.8, 4) is 11.5 Å². The largest absolute Gasteiger partial charge is 0.454 e. The minimum atomic E-state index is -0.416. The van der Waals surface area contributed by atoms with Gasteiger partial charge in [0.05, 0.1) is 5.52 Å². The van der Waals surface area contributed by atoms with Crippen molar-refractivity contribution in [3.63, 3.8) is 0 Å². The number of nitrogens with one attached hydrogen (secondary N) is 2. The number of carbonyl (C=O) groups is 2. The van der Waals surface area contributed by atoms with Crippen molar-refractivity contribution in [2.45, 2.75) is 19.9 Å². The fourth-order valence-corrected chi connectivity index (χ4v) is 2.86. The molecule has 0 spiro atoms. The van der Waals surface area contributed by atoms with Crippen LogP contribution in [0.1, 0.15) is 35.0 Å². The SMILES string of the molecule is CC(C)NC(=O)c1nc(C(=O)Nc2ccc3c(c2)OCO3)c2ccccn12. The Bertz CT molecular complexity index is 1040. The van der Waals surface area contributed by atoms with E-state index in [2.05, 4.69) is 15.6 Å². The molecule has 2 aromatic heterocycles. The van der Waals surface area contributed by atoms with E-state index in [1.54, 1.807) is 47.0 Å². The molecule has 0 aliphatic carbocycles. The summed E-state index contributed by atoms with van der Waals surface area (Å²) in [6.45, 7) is 3.88. The summed E-state index contributed by atoms with van der Waals surface area (Å²) in [5.74, 6) is 0.609. The van der Waals surface area contributed by atoms with Crippen LogP contribution in [0.2, 0.25) is 0 Å². The average Bonchev–Trinajstić information content (AvgIpc) is 3.25. The molecule has 3 heterocycles. The smallest absolute Gasteiger partial charge is 0.287 e. The van der Waals surface area contributed by atoms with E-state index in [1.807, 2.05) is 13.8 Å². The van der Waals surface area contributed by atoms with Crippen molar-refractivity contribution in [1.82, 2.24) is 14.7 Å². The van der Waals surface area contributed by atoms with Gasteiger partial charge >= 0.3 is 0 Å². The fourth-order valence-electron chi connectivity index (χ4n) is 2.86. The van der Waals surface area contributed by atoms with E-state index >= 15 is 0 Å². The molecule has 138 valence electrons. The number of hydrogen-bond donors (Lipinski definition) is 2. The topological polar surface area (TPSA) is 94.0 Å². The first-order chi connectivity index (χ1) is 13.0. The van der Waals surface area contributed by atoms with E-state index in [9.17, 15) is 9.59 Å². The number of aromatic nitrogens is 2. The van der Waals surface area contributed by atoms with Crippen LogP contribution in [0.15, 0.2) is 42.6 Å². The number of pyridine rings is 1. The Labute approximate surface area is 155 Å². The molecular weight excluding hydrogens is 348 g/mol. The summed E-state index contributed by atoms with van der Waals surface area (Å²) in [5.41, 5.74) is 1.27. The first kappa shape index (κ1) is 16.9. The van der Waals surface area contributed by atoms with E-state index < -0.39 is 5.91 Å². The molecule has 0 fully saturated rings. The highest BCUT2D eigenvalue weighted by atomic mass is 16.7. The Kier molecular flexibility index (Phi) is 4.15. The minimum Gasteiger partial charge on any atom is -0.454 e. The summed E-state index contributed by atoms with van der Waals surface area (Å²) in [6.07, 6.45) is 1.70. The molecule has 1 aliphatic heterocycles. The molecule has 8 nitrogen and oxygen atoms in total. The van der Waals surface area contributed by atoms with Crippen LogP contribution in [0.4, 0.5) is 5.69 Å². The molecule has 2 N–H and O–H groups in total. The van der Waals surface area contributed by atoms with Gasteiger partial charge in [-0.2, -0.15) is 0 Å². The van der Waals surface area contributed by atoms with Crippen molar-refractivity contribution >= 4 is 23.0 Å². The van der Waals surface area contributed by atoms with Crippen molar-refractivity contribution in [2.75, 3.05) is 12.1 Å². The summed E-state index contributed by atoms with van der Waals surface area (Å²) in [5, 5.41) is 5.59. The van der Waals surface area contributed by atoms with Gasteiger partial charge < -0.3 is 20.1 Å². The fraction of sp³-hybridized carbons (Fsp3) is 0.211. The molecule has 0 saturated carbocycles. The van der Waals surface area contributed by atoms with E-state index in [0.29, 0.717) is 22.7 Å². The van der Waals surface area contributed by atoms with Gasteiger partial charge in [-0.25, -0.2) is 4.98 Å². The summed E-state index contributed by atoms with van der Waals surface area (Å²) in [6, 6.07) is 10.4. The second-order valence-corrected chi connectivity index (χ2v) is 6.39. The third kappa shape index (κ3) is 3.17.